The minimum absolute atomic E-state index is 0.00349. The van der Waals surface area contributed by atoms with E-state index >= 15 is 0 Å². The van der Waals surface area contributed by atoms with Gasteiger partial charge in [0.05, 0.1) is 18.1 Å². The Hall–Kier alpha value is -9.68. The number of carbonyl (C=O) groups is 8. The van der Waals surface area contributed by atoms with Gasteiger partial charge in [0.1, 0.15) is 27.4 Å². The molecule has 23 nitrogen and oxygen atoms in total. The summed E-state index contributed by atoms with van der Waals surface area (Å²) in [6.07, 6.45) is 3.58. The highest BCUT2D eigenvalue weighted by Gasteiger charge is 2.52. The van der Waals surface area contributed by atoms with Crippen molar-refractivity contribution in [1.82, 2.24) is 30.4 Å². The minimum atomic E-state index is -2.80. The van der Waals surface area contributed by atoms with Crippen LogP contribution in [0.1, 0.15) is 243 Å². The largest absolute Gasteiger partial charge is 0.455 e. The Morgan fingerprint density at radius 1 is 0.500 bits per heavy atom. The van der Waals surface area contributed by atoms with Crippen LogP contribution < -0.4 is 37.1 Å². The predicted octanol–water partition coefficient (Wildman–Crippen LogP) is 17.0. The number of Topliss-reactive ketones (excluding diaryl/α,β-unsaturated/α-hetero) is 2. The summed E-state index contributed by atoms with van der Waals surface area (Å²) < 4.78 is 25.8. The Morgan fingerprint density at radius 2 is 0.817 bits per heavy atom. The number of aliphatic hydroxyl groups excluding tert-OH is 1. The molecule has 5 N–H and O–H groups in total. The van der Waals surface area contributed by atoms with Crippen molar-refractivity contribution in [3.05, 3.63) is 236 Å². The average molecular weight is 1800 g/mol. The number of esters is 2. The molecule has 0 saturated heterocycles. The van der Waals surface area contributed by atoms with E-state index < -0.39 is 82.8 Å². The van der Waals surface area contributed by atoms with Crippen molar-refractivity contribution >= 4 is 107 Å². The summed E-state index contributed by atoms with van der Waals surface area (Å²) in [5, 5.41) is 25.2. The third-order valence-electron chi connectivity index (χ3n) is 23.1. The number of hydrogen-bond acceptors (Lipinski definition) is 19. The van der Waals surface area contributed by atoms with E-state index in [-0.39, 0.29) is 100 Å². The van der Waals surface area contributed by atoms with Crippen LogP contribution in [0.4, 0.5) is 0 Å². The molecular formula is C99H138N10O13S2Si2. The second-order valence-electron chi connectivity index (χ2n) is 35.0. The van der Waals surface area contributed by atoms with E-state index in [1.807, 2.05) is 183 Å². The average Bonchev–Trinajstić information content (AvgIpc) is 1.01. The zero-order valence-corrected chi connectivity index (χ0v) is 81.2. The van der Waals surface area contributed by atoms with Gasteiger partial charge in [0.15, 0.2) is 23.8 Å². The maximum atomic E-state index is 14.1. The Balaban J connectivity index is 0.000000382. The van der Waals surface area contributed by atoms with Gasteiger partial charge < -0.3 is 49.6 Å². The van der Waals surface area contributed by atoms with Crippen LogP contribution in [-0.2, 0) is 59.9 Å². The van der Waals surface area contributed by atoms with Gasteiger partial charge in [0, 0.05) is 101 Å². The predicted molar refractivity (Wildman–Crippen MR) is 510 cm³/mol. The lowest BCUT2D eigenvalue weighted by Crippen LogP contribution is -2.66. The van der Waals surface area contributed by atoms with Crippen LogP contribution in [0.2, 0.25) is 10.1 Å². The highest BCUT2D eigenvalue weighted by molar-refractivity contribution is 7.10. The molecule has 27 heteroatoms. The van der Waals surface area contributed by atoms with Crippen LogP contribution in [0.15, 0.2) is 198 Å². The molecule has 0 aliphatic carbocycles. The fourth-order valence-corrected chi connectivity index (χ4v) is 27.1. The molecule has 0 unspecified atom stereocenters. The Kier molecular flexibility index (Phi) is 43.3. The van der Waals surface area contributed by atoms with Gasteiger partial charge in [0.2, 0.25) is 11.8 Å². The van der Waals surface area contributed by atoms with Gasteiger partial charge >= 0.3 is 11.9 Å². The quantitative estimate of drug-likeness (QED) is 0.00688. The Labute approximate surface area is 758 Å². The summed E-state index contributed by atoms with van der Waals surface area (Å²) in [6.45, 7) is 37.5. The first kappa shape index (κ1) is 105. The van der Waals surface area contributed by atoms with Crippen molar-refractivity contribution in [3.8, 4) is 0 Å². The molecule has 0 aliphatic rings. The molecule has 0 saturated carbocycles. The van der Waals surface area contributed by atoms with Gasteiger partial charge in [0.25, 0.3) is 28.4 Å². The number of hydrogen-bond donors (Lipinski definition) is 4. The van der Waals surface area contributed by atoms with Gasteiger partial charge in [-0.05, 0) is 110 Å². The van der Waals surface area contributed by atoms with Crippen LogP contribution in [0.25, 0.3) is 10.4 Å². The number of aliphatic hydroxyl groups is 1. The molecule has 6 aromatic carbocycles. The molecule has 0 bridgehead atoms. The van der Waals surface area contributed by atoms with E-state index in [0.29, 0.717) is 74.8 Å². The highest BCUT2D eigenvalue weighted by Crippen LogP contribution is 2.40. The lowest BCUT2D eigenvalue weighted by atomic mass is 9.92. The van der Waals surface area contributed by atoms with Crippen molar-refractivity contribution in [2.24, 2.45) is 34.5 Å². The second kappa shape index (κ2) is 52.0. The summed E-state index contributed by atoms with van der Waals surface area (Å²) >= 11 is 2.39. The number of nitrogens with zero attached hydrogens (tertiary/aromatic N) is 7. The van der Waals surface area contributed by atoms with Crippen LogP contribution in [-0.4, -0.2) is 158 Å². The summed E-state index contributed by atoms with van der Waals surface area (Å²) in [6, 6.07) is 56.9. The first-order valence-corrected chi connectivity index (χ1v) is 50.0. The molecule has 2 aromatic heterocycles. The van der Waals surface area contributed by atoms with Crippen molar-refractivity contribution in [3.63, 3.8) is 0 Å². The summed E-state index contributed by atoms with van der Waals surface area (Å²) in [5.41, 5.74) is 17.8. The zero-order chi connectivity index (χ0) is 92.9. The number of rotatable bonds is 47. The smallest absolute Gasteiger partial charge is 0.303 e. The van der Waals surface area contributed by atoms with E-state index in [0.717, 1.165) is 41.5 Å². The second-order valence-corrected chi connectivity index (χ2v) is 45.4. The molecule has 682 valence electrons. The van der Waals surface area contributed by atoms with Gasteiger partial charge in [-0.15, -0.1) is 22.7 Å². The van der Waals surface area contributed by atoms with Crippen molar-refractivity contribution in [2.75, 3.05) is 33.4 Å². The van der Waals surface area contributed by atoms with E-state index in [1.165, 1.54) is 46.9 Å². The molecule has 2 heterocycles. The summed E-state index contributed by atoms with van der Waals surface area (Å²) in [7, 11) is -4.59. The van der Waals surface area contributed by atoms with Crippen molar-refractivity contribution in [2.45, 2.75) is 260 Å². The first-order valence-electron chi connectivity index (χ1n) is 44.5. The maximum absolute atomic E-state index is 14.1. The number of thiazole rings is 2. The third-order valence-corrected chi connectivity index (χ3v) is 35.1. The SMILES string of the molecule is CCCN(C(=O)[C@@H](N)[C@@H](C)CC)[C@H](C[C@@H](OC(C)=O)c1nc(C(=O)N[C@@H](Cc2ccccc2)C(=O)CCCO[Si](c2ccccc2)(c2ccccc2)C(C)(C)C)cs1)C(C)C.CCCN(C(=O)[C@@H](N=[N+]=[N-])[C@@H](C)CC)[C@H](C[C@@H](OC(C)=O)c1nc(C(=O)N[C@@H](Cc2ccccc2)C(=O)CCCO[Si](c2ccccc2)(c2ccccc2)C(C)(C)C)cs1)C(C)C.CO. The lowest BCUT2D eigenvalue weighted by Gasteiger charge is -2.43. The van der Waals surface area contributed by atoms with E-state index in [9.17, 15) is 43.9 Å². The Bertz CT molecular complexity index is 4630. The Morgan fingerprint density at radius 3 is 1.10 bits per heavy atom. The molecular weight excluding hydrogens is 1660 g/mol. The maximum Gasteiger partial charge on any atom is 0.303 e. The number of ketones is 2. The van der Waals surface area contributed by atoms with Crippen molar-refractivity contribution in [1.29, 1.82) is 0 Å². The molecule has 0 radical (unpaired) electrons. The fraction of sp³-hybridized carbons (Fsp3) is 0.495. The number of azide groups is 1. The van der Waals surface area contributed by atoms with Crippen molar-refractivity contribution < 1.29 is 61.8 Å². The van der Waals surface area contributed by atoms with E-state index in [1.54, 1.807) is 15.7 Å². The topological polar surface area (TPSA) is 325 Å². The van der Waals surface area contributed by atoms with E-state index in [2.05, 4.69) is 145 Å². The third kappa shape index (κ3) is 29.4. The van der Waals surface area contributed by atoms with Gasteiger partial charge in [-0.3, -0.25) is 38.4 Å². The number of nitrogens with two attached hydrogens (primary N) is 1. The summed E-state index contributed by atoms with van der Waals surface area (Å²) in [5.74, 6) is -2.89. The van der Waals surface area contributed by atoms with E-state index in [4.69, 9.17) is 29.2 Å². The lowest BCUT2D eigenvalue weighted by molar-refractivity contribution is -0.150. The molecule has 126 heavy (non-hydrogen) atoms. The molecule has 0 fully saturated rings. The fourth-order valence-electron chi connectivity index (χ4n) is 16.2. The van der Waals surface area contributed by atoms with Gasteiger partial charge in [-0.1, -0.05) is 311 Å². The molecule has 8 aromatic rings. The minimum Gasteiger partial charge on any atom is -0.455 e. The number of carbonyl (C=O) groups excluding carboxylic acids is 8. The molecule has 10 atom stereocenters. The van der Waals surface area contributed by atoms with Crippen LogP contribution in [0, 0.1) is 23.7 Å². The van der Waals surface area contributed by atoms with Crippen LogP contribution in [0.5, 0.6) is 0 Å². The number of nitrogens with one attached hydrogen (secondary N) is 2. The zero-order valence-electron chi connectivity index (χ0n) is 77.6. The normalized spacial score (nSPS) is 14.1. The molecule has 8 rings (SSSR count). The molecule has 0 aliphatic heterocycles. The monoisotopic (exact) mass is 1790 g/mol. The molecule has 4 amide bonds. The van der Waals surface area contributed by atoms with Crippen LogP contribution >= 0.6 is 22.7 Å². The highest BCUT2D eigenvalue weighted by atomic mass is 32.1. The van der Waals surface area contributed by atoms with Gasteiger partial charge in [-0.25, -0.2) is 9.97 Å². The number of amides is 4. The molecule has 0 spiro atoms. The van der Waals surface area contributed by atoms with Gasteiger partial charge in [-0.2, -0.15) is 0 Å². The number of benzene rings is 6. The van der Waals surface area contributed by atoms with Crippen LogP contribution in [0.3, 0.4) is 0 Å². The number of aromatic nitrogens is 2. The number of ether oxygens (including phenoxy) is 2. The summed E-state index contributed by atoms with van der Waals surface area (Å²) in [4.78, 5) is 125. The standard InChI is InChI=1S/C49H66N6O6SSi.C49H68N4O6SSi.CH4O/c1-10-29-55(48(59)45(53-54-50)35(5)11-2)42(34(3)4)32-44(61-36(6)56)47-52-41(33-62-47)46(58)51-40(31-37-22-15-12-16-23-37)43(57)28-21-30-60-63(49(7,8)9,38-24-17-13-18-25-38)39-26-19-14-20-27-39;1-10-29-53(48(57)45(50)35(5)11-2)42(34(3)4)32-44(59-36(6)54)47-52-41(33-60-47)46(56)51-40(31-37-22-15-12-16-23-37)43(55)28-21-30-58-61(49(7,8)9,38-24-17-13-18-25-38)39-26-19-14-20-27-39;1-2/h12-20,22-27,33-35,40,42,44-45H,10-11,21,28-32H2,1-9H3,(H,51,58);12-20,22-27,33-35,40,42,44-45H,10-11,21,28-32,50H2,1-9H3,(H,51,56);2H,1H3/t2*35-,40-,42+,44+,45-;/m00./s1. The first-order chi connectivity index (χ1) is 60.1.